The molecule has 0 bridgehead atoms. The molecule has 2 heterocycles. The number of nitroso groups, excluding NO2 is 1. The van der Waals surface area contributed by atoms with Crippen LogP contribution in [0.5, 0.6) is 0 Å². The Hall–Kier alpha value is -1.86. The summed E-state index contributed by atoms with van der Waals surface area (Å²) < 4.78 is 23.8. The van der Waals surface area contributed by atoms with Gasteiger partial charge in [-0.15, -0.1) is 0 Å². The third kappa shape index (κ3) is 4.04. The van der Waals surface area contributed by atoms with E-state index < -0.39 is 12.1 Å². The Morgan fingerprint density at radius 2 is 1.93 bits per heavy atom. The molecular weight excluding hydrogens is 346 g/mol. The minimum Gasteiger partial charge on any atom is -0.376 e. The van der Waals surface area contributed by atoms with E-state index >= 15 is 0 Å². The highest BCUT2D eigenvalue weighted by Crippen LogP contribution is 2.41. The highest BCUT2D eigenvalue weighted by molar-refractivity contribution is 5.82. The molecule has 0 aliphatic carbocycles. The van der Waals surface area contributed by atoms with Gasteiger partial charge in [-0.2, -0.15) is 4.91 Å². The van der Waals surface area contributed by atoms with E-state index in [1.54, 1.807) is 0 Å². The van der Waals surface area contributed by atoms with Crippen LogP contribution >= 0.6 is 0 Å². The van der Waals surface area contributed by atoms with E-state index in [0.29, 0.717) is 19.6 Å². The summed E-state index contributed by atoms with van der Waals surface area (Å²) in [5.41, 5.74) is 1.12. The molecule has 2 fully saturated rings. The Morgan fingerprint density at radius 1 is 1.11 bits per heavy atom. The average molecular weight is 371 g/mol. The van der Waals surface area contributed by atoms with Gasteiger partial charge in [0.2, 0.25) is 0 Å². The summed E-state index contributed by atoms with van der Waals surface area (Å²) in [4.78, 5) is 10.5. The van der Waals surface area contributed by atoms with Crippen LogP contribution in [0.2, 0.25) is 0 Å². The zero-order valence-corrected chi connectivity index (χ0v) is 15.7. The van der Waals surface area contributed by atoms with Crippen molar-refractivity contribution in [1.82, 2.24) is 0 Å². The van der Waals surface area contributed by atoms with Gasteiger partial charge >= 0.3 is 0 Å². The molecule has 1 unspecified atom stereocenters. The van der Waals surface area contributed by atoms with E-state index in [-0.39, 0.29) is 24.7 Å². The monoisotopic (exact) mass is 371 g/mol. The first kappa shape index (κ1) is 18.5. The van der Waals surface area contributed by atoms with Gasteiger partial charge in [0.25, 0.3) is 0 Å². The Kier molecular flexibility index (Phi) is 5.23. The minimum absolute atomic E-state index is 0.0129. The lowest BCUT2D eigenvalue weighted by atomic mass is 9.97. The summed E-state index contributed by atoms with van der Waals surface area (Å²) in [6.45, 7) is 4.97. The fourth-order valence-corrected chi connectivity index (χ4v) is 3.94. The second-order valence-electron chi connectivity index (χ2n) is 7.64. The molecule has 2 aliphatic rings. The molecule has 0 N–H and O–H groups in total. The second-order valence-corrected chi connectivity index (χ2v) is 7.64. The highest BCUT2D eigenvalue weighted by Gasteiger charge is 2.54. The Labute approximate surface area is 158 Å². The molecule has 0 aromatic heterocycles. The van der Waals surface area contributed by atoms with Crippen molar-refractivity contribution in [3.8, 4) is 0 Å². The van der Waals surface area contributed by atoms with Gasteiger partial charge in [-0.3, -0.25) is 0 Å². The van der Waals surface area contributed by atoms with Crippen LogP contribution < -0.4 is 0 Å². The van der Waals surface area contributed by atoms with Crippen LogP contribution in [0.25, 0.3) is 10.8 Å². The highest BCUT2D eigenvalue weighted by atomic mass is 16.8. The van der Waals surface area contributed by atoms with Crippen molar-refractivity contribution in [2.24, 2.45) is 11.1 Å². The smallest absolute Gasteiger partial charge is 0.187 e. The largest absolute Gasteiger partial charge is 0.376 e. The normalized spacial score (nSPS) is 29.1. The molecule has 6 heteroatoms. The quantitative estimate of drug-likeness (QED) is 0.688. The van der Waals surface area contributed by atoms with Crippen LogP contribution in [-0.4, -0.2) is 37.4 Å². The summed E-state index contributed by atoms with van der Waals surface area (Å²) in [6.07, 6.45) is -0.197. The molecule has 27 heavy (non-hydrogen) atoms. The number of hydrogen-bond donors (Lipinski definition) is 0. The number of nitrogens with zero attached hydrogens (tertiary/aromatic N) is 1. The molecule has 0 radical (unpaired) electrons. The first-order valence-electron chi connectivity index (χ1n) is 9.41. The Balaban J connectivity index is 1.40. The van der Waals surface area contributed by atoms with Gasteiger partial charge in [0, 0.05) is 5.92 Å². The molecule has 144 valence electrons. The number of fused-ring (bicyclic) bond motifs is 2. The summed E-state index contributed by atoms with van der Waals surface area (Å²) in [5.74, 6) is -0.654. The lowest BCUT2D eigenvalue weighted by Crippen LogP contribution is -2.33. The third-order valence-corrected chi connectivity index (χ3v) is 5.19. The van der Waals surface area contributed by atoms with Crippen LogP contribution in [-0.2, 0) is 25.6 Å². The molecule has 0 saturated carbocycles. The average Bonchev–Trinajstić information content (AvgIpc) is 3.11. The Morgan fingerprint density at radius 3 is 2.74 bits per heavy atom. The molecule has 0 amide bonds. The van der Waals surface area contributed by atoms with Crippen molar-refractivity contribution in [3.63, 3.8) is 0 Å². The van der Waals surface area contributed by atoms with Crippen LogP contribution in [0.15, 0.2) is 47.6 Å². The number of hydrogen-bond acceptors (Lipinski definition) is 6. The van der Waals surface area contributed by atoms with Crippen molar-refractivity contribution in [1.29, 1.82) is 0 Å². The maximum Gasteiger partial charge on any atom is 0.187 e. The molecule has 0 spiro atoms. The topological polar surface area (TPSA) is 66.4 Å². The maximum absolute atomic E-state index is 10.5. The molecule has 2 aromatic rings. The van der Waals surface area contributed by atoms with Gasteiger partial charge in [0.1, 0.15) is 6.10 Å². The summed E-state index contributed by atoms with van der Waals surface area (Å²) >= 11 is 0. The van der Waals surface area contributed by atoms with Gasteiger partial charge in [-0.05, 0) is 42.7 Å². The first-order chi connectivity index (χ1) is 13.1. The molecule has 2 aromatic carbocycles. The Bertz CT molecular complexity index is 808. The van der Waals surface area contributed by atoms with Crippen molar-refractivity contribution in [2.45, 2.75) is 51.2 Å². The summed E-state index contributed by atoms with van der Waals surface area (Å²) in [7, 11) is 0. The molecule has 2 aliphatic heterocycles. The fraction of sp³-hybridized carbons (Fsp3) is 0.524. The van der Waals surface area contributed by atoms with Gasteiger partial charge in [-0.25, -0.2) is 0 Å². The van der Waals surface area contributed by atoms with Crippen molar-refractivity contribution in [3.05, 3.63) is 52.9 Å². The fourth-order valence-electron chi connectivity index (χ4n) is 3.94. The van der Waals surface area contributed by atoms with E-state index in [0.717, 1.165) is 5.56 Å². The number of rotatable bonds is 7. The van der Waals surface area contributed by atoms with Crippen molar-refractivity contribution >= 4 is 10.8 Å². The predicted molar refractivity (Wildman–Crippen MR) is 101 cm³/mol. The van der Waals surface area contributed by atoms with Crippen LogP contribution in [0, 0.1) is 10.8 Å². The van der Waals surface area contributed by atoms with Gasteiger partial charge in [0.15, 0.2) is 12.1 Å². The third-order valence-electron chi connectivity index (χ3n) is 5.19. The van der Waals surface area contributed by atoms with E-state index in [1.165, 1.54) is 10.8 Å². The van der Waals surface area contributed by atoms with Crippen LogP contribution in [0.3, 0.4) is 0 Å². The lowest BCUT2D eigenvalue weighted by Gasteiger charge is -2.25. The molecule has 2 saturated heterocycles. The lowest BCUT2D eigenvalue weighted by molar-refractivity contribution is -0.212. The predicted octanol–water partition coefficient (Wildman–Crippen LogP) is 4.01. The van der Waals surface area contributed by atoms with E-state index in [4.69, 9.17) is 18.9 Å². The molecule has 4 rings (SSSR count). The zero-order valence-electron chi connectivity index (χ0n) is 15.7. The van der Waals surface area contributed by atoms with E-state index in [9.17, 15) is 4.91 Å². The van der Waals surface area contributed by atoms with Gasteiger partial charge in [0.05, 0.1) is 25.9 Å². The standard InChI is InChI=1S/C21H25NO5/c1-21(2)26-19-17(18(9-10-22-23)25-20(19)27-21)13-24-12-14-7-8-15-5-3-4-6-16(15)11-14/h3-8,11,17-20H,9-10,12-13H2,1-2H3/t17-,18?,19-,20-/m1/s1. The van der Waals surface area contributed by atoms with Gasteiger partial charge < -0.3 is 18.9 Å². The van der Waals surface area contributed by atoms with Crippen molar-refractivity contribution < 1.29 is 18.9 Å². The van der Waals surface area contributed by atoms with E-state index in [2.05, 4.69) is 35.5 Å². The molecule has 4 atom stereocenters. The molecular formula is C21H25NO5. The number of ether oxygens (including phenoxy) is 4. The summed E-state index contributed by atoms with van der Waals surface area (Å²) in [6, 6.07) is 14.6. The molecule has 6 nitrogen and oxygen atoms in total. The maximum atomic E-state index is 10.5. The number of benzene rings is 2. The van der Waals surface area contributed by atoms with Crippen LogP contribution in [0.4, 0.5) is 0 Å². The summed E-state index contributed by atoms with van der Waals surface area (Å²) in [5, 5.41) is 5.38. The SMILES string of the molecule is CC1(C)O[C@H]2OC(CCN=O)[C@@H](COCc3ccc4ccccc4c3)[C@H]2O1. The van der Waals surface area contributed by atoms with Crippen molar-refractivity contribution in [2.75, 3.05) is 13.2 Å². The minimum atomic E-state index is -0.667. The van der Waals surface area contributed by atoms with Gasteiger partial charge in [-0.1, -0.05) is 41.6 Å². The first-order valence-corrected chi connectivity index (χ1v) is 9.41. The zero-order chi connectivity index (χ0) is 18.9. The van der Waals surface area contributed by atoms with Crippen LogP contribution in [0.1, 0.15) is 25.8 Å². The van der Waals surface area contributed by atoms with E-state index in [1.807, 2.05) is 26.0 Å². The second kappa shape index (κ2) is 7.64.